The van der Waals surface area contributed by atoms with E-state index in [1.165, 1.54) is 0 Å². The second kappa shape index (κ2) is 7.77. The van der Waals surface area contributed by atoms with E-state index in [0.717, 1.165) is 17.1 Å². The van der Waals surface area contributed by atoms with Crippen LogP contribution in [0.4, 0.5) is 10.3 Å². The summed E-state index contributed by atoms with van der Waals surface area (Å²) in [6.45, 7) is 3.06. The maximum Gasteiger partial charge on any atom is 0.491 e. The van der Waals surface area contributed by atoms with Crippen molar-refractivity contribution in [3.8, 4) is 5.82 Å². The number of hydrogen-bond donors (Lipinski definition) is 1. The Hall–Kier alpha value is -3.26. The normalized spacial score (nSPS) is 21.5. The number of rotatable bonds is 6. The molecule has 0 radical (unpaired) electrons. The number of ether oxygens (including phenoxy) is 1. The van der Waals surface area contributed by atoms with E-state index < -0.39 is 46.6 Å². The highest BCUT2D eigenvalue weighted by molar-refractivity contribution is 5.78. The molecular weight excluding hydrogens is 381 g/mol. The summed E-state index contributed by atoms with van der Waals surface area (Å²) in [5, 5.41) is 27.3. The molecule has 1 aliphatic rings. The fraction of sp³-hybridized carbons (Fsp3) is 0.500. The molecule has 0 spiro atoms. The van der Waals surface area contributed by atoms with E-state index in [-0.39, 0.29) is 13.0 Å². The van der Waals surface area contributed by atoms with Crippen molar-refractivity contribution in [1.29, 1.82) is 0 Å². The van der Waals surface area contributed by atoms with Crippen LogP contribution in [0.3, 0.4) is 0 Å². The molecule has 2 aromatic heterocycles. The van der Waals surface area contributed by atoms with E-state index in [9.17, 15) is 24.4 Å². The molecule has 0 aromatic carbocycles. The molecule has 1 fully saturated rings. The van der Waals surface area contributed by atoms with Crippen molar-refractivity contribution in [3.05, 3.63) is 38.9 Å². The van der Waals surface area contributed by atoms with Crippen molar-refractivity contribution in [2.24, 2.45) is 5.16 Å². The van der Waals surface area contributed by atoms with Crippen molar-refractivity contribution in [1.82, 2.24) is 24.3 Å². The van der Waals surface area contributed by atoms with E-state index >= 15 is 0 Å². The van der Waals surface area contributed by atoms with Gasteiger partial charge in [0.2, 0.25) is 12.1 Å². The first-order valence-corrected chi connectivity index (χ1v) is 8.08. The summed E-state index contributed by atoms with van der Waals surface area (Å²) in [5.74, 6) is -2.28. The van der Waals surface area contributed by atoms with Gasteiger partial charge in [-0.15, -0.1) is 4.68 Å². The zero-order valence-electron chi connectivity index (χ0n) is 14.8. The minimum Gasteiger partial charge on any atom is -0.394 e. The van der Waals surface area contributed by atoms with E-state index in [4.69, 9.17) is 9.57 Å². The second-order valence-corrected chi connectivity index (χ2v) is 6.08. The Balaban J connectivity index is 1.87. The van der Waals surface area contributed by atoms with E-state index in [1.807, 2.05) is 0 Å². The number of halogens is 1. The molecule has 1 unspecified atom stereocenters. The Morgan fingerprint density at radius 3 is 2.93 bits per heavy atom. The molecule has 1 N–H and O–H groups in total. The topological polar surface area (TPSA) is 160 Å². The maximum atomic E-state index is 14.5. The first-order chi connectivity index (χ1) is 13.3. The lowest BCUT2D eigenvalue weighted by Gasteiger charge is -2.14. The fourth-order valence-corrected chi connectivity index (χ4v) is 2.56. The van der Waals surface area contributed by atoms with Crippen LogP contribution in [-0.2, 0) is 9.57 Å². The molecule has 3 heterocycles. The zero-order chi connectivity index (χ0) is 20.4. The van der Waals surface area contributed by atoms with Crippen LogP contribution < -0.4 is 5.69 Å². The second-order valence-electron chi connectivity index (χ2n) is 6.08. The lowest BCUT2D eigenvalue weighted by Crippen LogP contribution is -2.29. The fourth-order valence-electron chi connectivity index (χ4n) is 2.56. The SMILES string of the molecule is CC(C)=NOC1C[C@H](n2cc(F)c(-n3cnc([N+](=O)[O-])n3)nc2=O)O[C@@H]1CO. The summed E-state index contributed by atoms with van der Waals surface area (Å²) in [5.41, 5.74) is -0.233. The van der Waals surface area contributed by atoms with E-state index in [1.54, 1.807) is 13.8 Å². The van der Waals surface area contributed by atoms with Crippen molar-refractivity contribution in [3.63, 3.8) is 0 Å². The molecule has 14 heteroatoms. The summed E-state index contributed by atoms with van der Waals surface area (Å²) >= 11 is 0. The molecule has 3 rings (SSSR count). The third-order valence-electron chi connectivity index (χ3n) is 3.79. The third kappa shape index (κ3) is 3.86. The summed E-state index contributed by atoms with van der Waals surface area (Å²) in [6.07, 6.45) is -0.511. The van der Waals surface area contributed by atoms with Crippen molar-refractivity contribution in [2.75, 3.05) is 6.61 Å². The Morgan fingerprint density at radius 1 is 1.57 bits per heavy atom. The van der Waals surface area contributed by atoms with Gasteiger partial charge in [0.25, 0.3) is 0 Å². The Morgan fingerprint density at radius 2 is 2.32 bits per heavy atom. The van der Waals surface area contributed by atoms with Gasteiger partial charge < -0.3 is 24.8 Å². The standard InChI is InChI=1S/C14H16FN7O6/c1-7(2)19-28-9-3-11(27-10(9)5-23)20-4-8(15)12(17-14(20)24)21-6-16-13(18-21)22(25)26/h4,6,9-11,23H,3,5H2,1-2H3/t9?,10-,11-/m1/s1. The molecule has 0 aliphatic carbocycles. The van der Waals surface area contributed by atoms with Crippen LogP contribution in [-0.4, -0.2) is 58.9 Å². The van der Waals surface area contributed by atoms with Crippen molar-refractivity contribution < 1.29 is 24.0 Å². The van der Waals surface area contributed by atoms with Gasteiger partial charge in [-0.05, 0) is 18.8 Å². The Kier molecular flexibility index (Phi) is 5.41. The smallest absolute Gasteiger partial charge is 0.394 e. The van der Waals surface area contributed by atoms with Crippen LogP contribution in [0.15, 0.2) is 22.5 Å². The predicted molar refractivity (Wildman–Crippen MR) is 89.3 cm³/mol. The lowest BCUT2D eigenvalue weighted by atomic mass is 10.2. The Bertz CT molecular complexity index is 969. The molecule has 0 amide bonds. The number of aromatic nitrogens is 5. The number of aliphatic hydroxyl groups is 1. The highest BCUT2D eigenvalue weighted by Gasteiger charge is 2.39. The maximum absolute atomic E-state index is 14.5. The van der Waals surface area contributed by atoms with Crippen LogP contribution >= 0.6 is 0 Å². The van der Waals surface area contributed by atoms with E-state index in [0.29, 0.717) is 10.4 Å². The van der Waals surface area contributed by atoms with Crippen molar-refractivity contribution in [2.45, 2.75) is 38.7 Å². The highest BCUT2D eigenvalue weighted by Crippen LogP contribution is 2.30. The first-order valence-electron chi connectivity index (χ1n) is 8.08. The molecule has 150 valence electrons. The Labute approximate surface area is 156 Å². The average molecular weight is 397 g/mol. The largest absolute Gasteiger partial charge is 0.491 e. The molecule has 1 saturated heterocycles. The van der Waals surface area contributed by atoms with Gasteiger partial charge in [-0.2, -0.15) is 4.98 Å². The molecule has 0 saturated carbocycles. The average Bonchev–Trinajstić information content (AvgIpc) is 3.28. The summed E-state index contributed by atoms with van der Waals surface area (Å²) < 4.78 is 21.6. The van der Waals surface area contributed by atoms with Gasteiger partial charge in [0.05, 0.1) is 18.5 Å². The minimum absolute atomic E-state index is 0.122. The molecule has 3 atom stereocenters. The number of hydrogen-bond acceptors (Lipinski definition) is 10. The van der Waals surface area contributed by atoms with Crippen LogP contribution in [0.2, 0.25) is 0 Å². The van der Waals surface area contributed by atoms with Gasteiger partial charge in [-0.1, -0.05) is 10.1 Å². The van der Waals surface area contributed by atoms with Gasteiger partial charge in [0.15, 0.2) is 11.9 Å². The summed E-state index contributed by atoms with van der Waals surface area (Å²) in [4.78, 5) is 34.4. The number of aliphatic hydroxyl groups excluding tert-OH is 1. The number of nitro groups is 1. The molecule has 1 aliphatic heterocycles. The van der Waals surface area contributed by atoms with Gasteiger partial charge >= 0.3 is 11.6 Å². The number of nitrogens with zero attached hydrogens (tertiary/aromatic N) is 7. The van der Waals surface area contributed by atoms with Crippen LogP contribution in [0.5, 0.6) is 0 Å². The number of oxime groups is 1. The van der Waals surface area contributed by atoms with Crippen molar-refractivity contribution >= 4 is 11.7 Å². The summed E-state index contributed by atoms with van der Waals surface area (Å²) in [6, 6.07) is 0. The predicted octanol–water partition coefficient (Wildman–Crippen LogP) is -0.0679. The molecule has 0 bridgehead atoms. The van der Waals surface area contributed by atoms with Gasteiger partial charge in [-0.25, -0.2) is 9.18 Å². The molecule has 2 aromatic rings. The monoisotopic (exact) mass is 397 g/mol. The molecule has 28 heavy (non-hydrogen) atoms. The van der Waals surface area contributed by atoms with Gasteiger partial charge in [0, 0.05) is 11.5 Å². The third-order valence-corrected chi connectivity index (χ3v) is 3.79. The molecule has 13 nitrogen and oxygen atoms in total. The minimum atomic E-state index is -0.977. The van der Waals surface area contributed by atoms with Gasteiger partial charge in [-0.3, -0.25) is 4.57 Å². The van der Waals surface area contributed by atoms with Crippen LogP contribution in [0, 0.1) is 15.9 Å². The van der Waals surface area contributed by atoms with E-state index in [2.05, 4.69) is 20.2 Å². The zero-order valence-corrected chi connectivity index (χ0v) is 14.8. The van der Waals surface area contributed by atoms with Crippen LogP contribution in [0.25, 0.3) is 5.82 Å². The molecular formula is C14H16FN7O6. The van der Waals surface area contributed by atoms with Crippen LogP contribution in [0.1, 0.15) is 26.5 Å². The first kappa shape index (κ1) is 19.5. The lowest BCUT2D eigenvalue weighted by molar-refractivity contribution is -0.394. The summed E-state index contributed by atoms with van der Waals surface area (Å²) in [7, 11) is 0. The highest BCUT2D eigenvalue weighted by atomic mass is 19.1. The van der Waals surface area contributed by atoms with Gasteiger partial charge in [0.1, 0.15) is 12.3 Å². The quantitative estimate of drug-likeness (QED) is 0.400.